The number of aliphatic hydroxyl groups is 1. The molecule has 1 amide bonds. The first-order chi connectivity index (χ1) is 17.9. The van der Waals surface area contributed by atoms with Crippen molar-refractivity contribution in [2.75, 3.05) is 13.2 Å². The van der Waals surface area contributed by atoms with E-state index in [1.54, 1.807) is 13.8 Å². The van der Waals surface area contributed by atoms with Gasteiger partial charge in [0.2, 0.25) is 0 Å². The summed E-state index contributed by atoms with van der Waals surface area (Å²) in [6, 6.07) is 5.82. The van der Waals surface area contributed by atoms with Crippen molar-refractivity contribution in [2.24, 2.45) is 5.92 Å². The summed E-state index contributed by atoms with van der Waals surface area (Å²) in [6.07, 6.45) is 8.61. The number of thiazole rings is 1. The van der Waals surface area contributed by atoms with E-state index in [0.717, 1.165) is 35.4 Å². The molecule has 0 bridgehead atoms. The summed E-state index contributed by atoms with van der Waals surface area (Å²) in [5, 5.41) is 14.7. The SMILES string of the molecule is CC(C)(C)NS(=O)c1ccc(-c2sc(C(=O)NC3CCOCC3)nc2CC2CCCCC2)cc1C(C)(C)O. The predicted octanol–water partition coefficient (Wildman–Crippen LogP) is 5.48. The van der Waals surface area contributed by atoms with Crippen LogP contribution in [0.1, 0.15) is 101 Å². The number of hydrogen-bond acceptors (Lipinski definition) is 6. The van der Waals surface area contributed by atoms with Crippen LogP contribution in [0, 0.1) is 5.92 Å². The monoisotopic (exact) mass is 561 g/mol. The molecule has 210 valence electrons. The third-order valence-electron chi connectivity index (χ3n) is 7.15. The fourth-order valence-electron chi connectivity index (χ4n) is 5.21. The third kappa shape index (κ3) is 7.72. The molecule has 9 heteroatoms. The van der Waals surface area contributed by atoms with E-state index in [1.165, 1.54) is 43.4 Å². The fraction of sp³-hybridized carbons (Fsp3) is 0.655. The summed E-state index contributed by atoms with van der Waals surface area (Å²) in [5.41, 5.74) is 0.903. The number of aromatic nitrogens is 1. The number of hydrogen-bond donors (Lipinski definition) is 3. The van der Waals surface area contributed by atoms with E-state index in [2.05, 4.69) is 10.0 Å². The van der Waals surface area contributed by atoms with Crippen molar-refractivity contribution < 1.29 is 18.8 Å². The summed E-state index contributed by atoms with van der Waals surface area (Å²) in [6.45, 7) is 10.6. The van der Waals surface area contributed by atoms with Crippen molar-refractivity contribution in [3.8, 4) is 10.4 Å². The first kappa shape index (κ1) is 29.3. The highest BCUT2D eigenvalue weighted by molar-refractivity contribution is 7.83. The first-order valence-electron chi connectivity index (χ1n) is 13.9. The van der Waals surface area contributed by atoms with Crippen LogP contribution in [0.3, 0.4) is 0 Å². The Labute approximate surface area is 233 Å². The second-order valence-corrected chi connectivity index (χ2v) is 14.4. The van der Waals surface area contributed by atoms with Gasteiger partial charge in [0.1, 0.15) is 11.0 Å². The number of carbonyl (C=O) groups excluding carboxylic acids is 1. The topological polar surface area (TPSA) is 101 Å². The molecule has 1 unspecified atom stereocenters. The van der Waals surface area contributed by atoms with Gasteiger partial charge in [-0.05, 0) is 77.5 Å². The lowest BCUT2D eigenvalue weighted by Crippen LogP contribution is -2.38. The van der Waals surface area contributed by atoms with Gasteiger partial charge in [0, 0.05) is 30.4 Å². The first-order valence-corrected chi connectivity index (χ1v) is 15.8. The van der Waals surface area contributed by atoms with Crippen molar-refractivity contribution in [3.05, 3.63) is 34.5 Å². The molecule has 1 saturated carbocycles. The molecule has 1 aliphatic carbocycles. The number of benzene rings is 1. The van der Waals surface area contributed by atoms with E-state index in [-0.39, 0.29) is 17.5 Å². The standard InChI is InChI=1S/C29H43N3O4S2/c1-28(2,3)32-38(35)24-12-11-20(18-22(24)29(4,5)34)25-23(17-19-9-7-6-8-10-19)31-27(37-25)26(33)30-21-13-15-36-16-14-21/h11-12,18-19,21,32,34H,6-10,13-17H2,1-5H3,(H,30,33). The van der Waals surface area contributed by atoms with Crippen LogP contribution in [0.15, 0.2) is 23.1 Å². The zero-order valence-electron chi connectivity index (χ0n) is 23.4. The van der Waals surface area contributed by atoms with E-state index in [4.69, 9.17) is 9.72 Å². The van der Waals surface area contributed by atoms with E-state index < -0.39 is 16.6 Å². The molecule has 7 nitrogen and oxygen atoms in total. The Morgan fingerprint density at radius 1 is 1.11 bits per heavy atom. The average Bonchev–Trinajstić information content (AvgIpc) is 3.27. The van der Waals surface area contributed by atoms with Crippen LogP contribution < -0.4 is 10.0 Å². The Kier molecular flexibility index (Phi) is 9.46. The normalized spacial score (nSPS) is 18.9. The van der Waals surface area contributed by atoms with Gasteiger partial charge in [0.15, 0.2) is 5.01 Å². The Morgan fingerprint density at radius 2 is 1.79 bits per heavy atom. The van der Waals surface area contributed by atoms with Crippen molar-refractivity contribution in [1.82, 2.24) is 15.0 Å². The highest BCUT2D eigenvalue weighted by Gasteiger charge is 2.28. The summed E-state index contributed by atoms with van der Waals surface area (Å²) < 4.78 is 21.8. The molecule has 4 rings (SSSR count). The lowest BCUT2D eigenvalue weighted by atomic mass is 9.85. The maximum absolute atomic E-state index is 13.2. The van der Waals surface area contributed by atoms with Gasteiger partial charge in [-0.15, -0.1) is 11.3 Å². The van der Waals surface area contributed by atoms with E-state index >= 15 is 0 Å². The molecular weight excluding hydrogens is 518 g/mol. The molecule has 3 N–H and O–H groups in total. The molecule has 0 radical (unpaired) electrons. The summed E-state index contributed by atoms with van der Waals surface area (Å²) in [5.74, 6) is 0.431. The van der Waals surface area contributed by atoms with Crippen LogP contribution >= 0.6 is 11.3 Å². The van der Waals surface area contributed by atoms with Crippen molar-refractivity contribution in [1.29, 1.82) is 0 Å². The lowest BCUT2D eigenvalue weighted by molar-refractivity contribution is 0.0695. The quantitative estimate of drug-likeness (QED) is 0.396. The molecule has 1 aromatic carbocycles. The van der Waals surface area contributed by atoms with E-state index in [9.17, 15) is 14.1 Å². The Bertz CT molecular complexity index is 1140. The number of nitrogens with zero attached hydrogens (tertiary/aromatic N) is 1. The van der Waals surface area contributed by atoms with E-state index in [0.29, 0.717) is 34.6 Å². The summed E-state index contributed by atoms with van der Waals surface area (Å²) >= 11 is 1.41. The molecule has 38 heavy (non-hydrogen) atoms. The number of ether oxygens (including phenoxy) is 1. The number of nitrogens with one attached hydrogen (secondary N) is 2. The maximum Gasteiger partial charge on any atom is 0.280 e. The van der Waals surface area contributed by atoms with Crippen LogP contribution in [0.2, 0.25) is 0 Å². The van der Waals surface area contributed by atoms with Crippen LogP contribution in [-0.2, 0) is 27.7 Å². The van der Waals surface area contributed by atoms with Gasteiger partial charge in [-0.2, -0.15) is 0 Å². The number of rotatable bonds is 8. The van der Waals surface area contributed by atoms with Crippen molar-refractivity contribution in [3.63, 3.8) is 0 Å². The van der Waals surface area contributed by atoms with E-state index in [1.807, 2.05) is 39.0 Å². The Morgan fingerprint density at radius 3 is 2.42 bits per heavy atom. The lowest BCUT2D eigenvalue weighted by Gasteiger charge is -2.25. The minimum Gasteiger partial charge on any atom is -0.386 e. The molecule has 1 aliphatic heterocycles. The third-order valence-corrected chi connectivity index (χ3v) is 9.85. The highest BCUT2D eigenvalue weighted by Crippen LogP contribution is 2.38. The molecular formula is C29H43N3O4S2. The smallest absolute Gasteiger partial charge is 0.280 e. The van der Waals surface area contributed by atoms with Gasteiger partial charge in [-0.1, -0.05) is 38.2 Å². The molecule has 2 heterocycles. The van der Waals surface area contributed by atoms with Crippen molar-refractivity contribution >= 4 is 28.2 Å². The Balaban J connectivity index is 1.70. The minimum atomic E-state index is -1.49. The van der Waals surface area contributed by atoms with Gasteiger partial charge in [-0.25, -0.2) is 13.9 Å². The molecule has 2 aromatic rings. The molecule has 1 atom stereocenters. The van der Waals surface area contributed by atoms with Gasteiger partial charge < -0.3 is 15.2 Å². The molecule has 1 saturated heterocycles. The second kappa shape index (κ2) is 12.3. The maximum atomic E-state index is 13.2. The van der Waals surface area contributed by atoms with Crippen LogP contribution in [0.5, 0.6) is 0 Å². The zero-order valence-corrected chi connectivity index (χ0v) is 25.0. The molecule has 1 aromatic heterocycles. The van der Waals surface area contributed by atoms with Gasteiger partial charge in [0.05, 0.1) is 21.1 Å². The molecule has 2 aliphatic rings. The average molecular weight is 562 g/mol. The summed E-state index contributed by atoms with van der Waals surface area (Å²) in [7, 11) is -1.49. The fourth-order valence-corrected chi connectivity index (χ4v) is 7.57. The van der Waals surface area contributed by atoms with Gasteiger partial charge in [0.25, 0.3) is 5.91 Å². The largest absolute Gasteiger partial charge is 0.386 e. The summed E-state index contributed by atoms with van der Waals surface area (Å²) in [4.78, 5) is 19.6. The second-order valence-electron chi connectivity index (χ2n) is 12.3. The van der Waals surface area contributed by atoms with Crippen molar-refractivity contribution in [2.45, 2.75) is 108 Å². The predicted molar refractivity (Wildman–Crippen MR) is 154 cm³/mol. The van der Waals surface area contributed by atoms with Crippen LogP contribution in [0.4, 0.5) is 0 Å². The molecule has 0 spiro atoms. The van der Waals surface area contributed by atoms with Gasteiger partial charge in [-0.3, -0.25) is 4.79 Å². The van der Waals surface area contributed by atoms with Crippen LogP contribution in [0.25, 0.3) is 10.4 Å². The van der Waals surface area contributed by atoms with Gasteiger partial charge >= 0.3 is 0 Å². The Hall–Kier alpha value is -1.65. The highest BCUT2D eigenvalue weighted by atomic mass is 32.2. The number of carbonyl (C=O) groups is 1. The molecule has 2 fully saturated rings. The van der Waals surface area contributed by atoms with Crippen LogP contribution in [-0.4, -0.2) is 45.0 Å². The zero-order chi connectivity index (χ0) is 27.5. The minimum absolute atomic E-state index is 0.108. The number of amides is 1.